The van der Waals surface area contributed by atoms with Gasteiger partial charge in [-0.2, -0.15) is 0 Å². The molecule has 0 aromatic rings. The fraction of sp³-hybridized carbons (Fsp3) is 0.833. The van der Waals surface area contributed by atoms with Crippen LogP contribution >= 0.6 is 0 Å². The molecule has 17 heavy (non-hydrogen) atoms. The minimum Gasteiger partial charge on any atom is -0.481 e. The van der Waals surface area contributed by atoms with Gasteiger partial charge >= 0.3 is 12.0 Å². The van der Waals surface area contributed by atoms with E-state index in [1.165, 1.54) is 0 Å². The van der Waals surface area contributed by atoms with Crippen molar-refractivity contribution in [2.24, 2.45) is 0 Å². The second-order valence-corrected chi connectivity index (χ2v) is 4.55. The Morgan fingerprint density at radius 3 is 2.71 bits per heavy atom. The predicted molar refractivity (Wildman–Crippen MR) is 64.9 cm³/mol. The number of hydrogen-bond donors (Lipinski definition) is 2. The summed E-state index contributed by atoms with van der Waals surface area (Å²) in [5.74, 6) is -0.870. The number of likely N-dealkylation sites (tertiary alicyclic amines) is 1. The Hall–Kier alpha value is -1.26. The fourth-order valence-corrected chi connectivity index (χ4v) is 2.29. The van der Waals surface area contributed by atoms with Crippen LogP contribution in [0.5, 0.6) is 0 Å². The summed E-state index contributed by atoms with van der Waals surface area (Å²) < 4.78 is 0. The Labute approximate surface area is 102 Å². The van der Waals surface area contributed by atoms with Crippen LogP contribution in [0.2, 0.25) is 0 Å². The molecule has 2 unspecified atom stereocenters. The summed E-state index contributed by atoms with van der Waals surface area (Å²) in [6.45, 7) is 4.74. The molecule has 1 aliphatic heterocycles. The molecule has 0 spiro atoms. The minimum atomic E-state index is -0.870. The average molecular weight is 242 g/mol. The number of amides is 2. The van der Waals surface area contributed by atoms with E-state index >= 15 is 0 Å². The van der Waals surface area contributed by atoms with Crippen molar-refractivity contribution in [2.45, 2.75) is 58.0 Å². The molecule has 2 N–H and O–H groups in total. The first kappa shape index (κ1) is 13.8. The number of carbonyl (C=O) groups excluding carboxylic acids is 1. The molecule has 1 heterocycles. The lowest BCUT2D eigenvalue weighted by Gasteiger charge is -2.26. The van der Waals surface area contributed by atoms with Crippen molar-refractivity contribution < 1.29 is 14.7 Å². The molecule has 0 radical (unpaired) electrons. The van der Waals surface area contributed by atoms with Crippen LogP contribution in [0.3, 0.4) is 0 Å². The molecule has 2 atom stereocenters. The van der Waals surface area contributed by atoms with E-state index in [9.17, 15) is 9.59 Å². The van der Waals surface area contributed by atoms with Gasteiger partial charge in [0.2, 0.25) is 0 Å². The third-order valence-corrected chi connectivity index (χ3v) is 3.35. The zero-order chi connectivity index (χ0) is 12.8. The van der Waals surface area contributed by atoms with Gasteiger partial charge in [-0.25, -0.2) is 4.79 Å². The quantitative estimate of drug-likeness (QED) is 0.772. The van der Waals surface area contributed by atoms with Crippen LogP contribution in [0.25, 0.3) is 0 Å². The highest BCUT2D eigenvalue weighted by molar-refractivity contribution is 5.76. The van der Waals surface area contributed by atoms with Crippen molar-refractivity contribution in [1.82, 2.24) is 10.2 Å². The molecular formula is C12H22N2O3. The number of nitrogens with one attached hydrogen (secondary N) is 1. The third-order valence-electron chi connectivity index (χ3n) is 3.35. The maximum atomic E-state index is 12.0. The van der Waals surface area contributed by atoms with Gasteiger partial charge in [0.15, 0.2) is 0 Å². The molecule has 98 valence electrons. The van der Waals surface area contributed by atoms with Crippen LogP contribution in [0.1, 0.15) is 46.0 Å². The van der Waals surface area contributed by atoms with Crippen molar-refractivity contribution >= 4 is 12.0 Å². The molecule has 0 saturated carbocycles. The Kier molecular flexibility index (Phi) is 5.25. The lowest BCUT2D eigenvalue weighted by molar-refractivity contribution is -0.137. The van der Waals surface area contributed by atoms with Crippen molar-refractivity contribution in [2.75, 3.05) is 6.54 Å². The molecule has 1 aliphatic rings. The van der Waals surface area contributed by atoms with Gasteiger partial charge in [0.25, 0.3) is 0 Å². The summed E-state index contributed by atoms with van der Waals surface area (Å²) in [4.78, 5) is 24.5. The number of urea groups is 1. The van der Waals surface area contributed by atoms with Gasteiger partial charge < -0.3 is 15.3 Å². The third kappa shape index (κ3) is 3.91. The number of carboxylic acid groups (broad SMARTS) is 1. The van der Waals surface area contributed by atoms with Crippen LogP contribution < -0.4 is 5.32 Å². The van der Waals surface area contributed by atoms with E-state index in [4.69, 9.17) is 5.11 Å². The summed E-state index contributed by atoms with van der Waals surface area (Å²) in [6.07, 6.45) is 3.69. The summed E-state index contributed by atoms with van der Waals surface area (Å²) in [7, 11) is 0. The van der Waals surface area contributed by atoms with E-state index < -0.39 is 5.97 Å². The molecular weight excluding hydrogens is 220 g/mol. The summed E-state index contributed by atoms with van der Waals surface area (Å²) in [6, 6.07) is -0.0575. The smallest absolute Gasteiger partial charge is 0.317 e. The minimum absolute atomic E-state index is 0.00707. The van der Waals surface area contributed by atoms with Crippen LogP contribution in [0.4, 0.5) is 4.79 Å². The van der Waals surface area contributed by atoms with Crippen molar-refractivity contribution in [3.05, 3.63) is 0 Å². The molecule has 0 aliphatic carbocycles. The molecule has 1 rings (SSSR count). The summed E-state index contributed by atoms with van der Waals surface area (Å²) in [5.41, 5.74) is 0. The van der Waals surface area contributed by atoms with E-state index in [0.717, 1.165) is 25.8 Å². The predicted octanol–water partition coefficient (Wildman–Crippen LogP) is 1.82. The monoisotopic (exact) mass is 242 g/mol. The highest BCUT2D eigenvalue weighted by Crippen LogP contribution is 2.19. The van der Waals surface area contributed by atoms with Crippen molar-refractivity contribution in [3.8, 4) is 0 Å². The van der Waals surface area contributed by atoms with Gasteiger partial charge in [-0.1, -0.05) is 13.8 Å². The normalized spacial score (nSPS) is 21.3. The van der Waals surface area contributed by atoms with E-state index in [1.54, 1.807) is 0 Å². The van der Waals surface area contributed by atoms with Crippen LogP contribution in [-0.2, 0) is 4.79 Å². The Morgan fingerprint density at radius 1 is 1.47 bits per heavy atom. The van der Waals surface area contributed by atoms with E-state index in [1.807, 2.05) is 11.8 Å². The molecule has 1 saturated heterocycles. The average Bonchev–Trinajstić information content (AvgIpc) is 2.75. The first-order chi connectivity index (χ1) is 8.08. The molecule has 2 amide bonds. The van der Waals surface area contributed by atoms with Gasteiger partial charge in [0, 0.05) is 18.6 Å². The number of aliphatic carboxylic acids is 1. The molecule has 0 bridgehead atoms. The number of rotatable bonds is 5. The van der Waals surface area contributed by atoms with E-state index in [0.29, 0.717) is 12.5 Å². The Morgan fingerprint density at radius 2 is 2.18 bits per heavy atom. The van der Waals surface area contributed by atoms with Gasteiger partial charge in [-0.3, -0.25) is 4.79 Å². The van der Waals surface area contributed by atoms with E-state index in [-0.39, 0.29) is 18.5 Å². The van der Waals surface area contributed by atoms with Gasteiger partial charge in [0.05, 0.1) is 6.42 Å². The molecule has 1 fully saturated rings. The zero-order valence-electron chi connectivity index (χ0n) is 10.6. The van der Waals surface area contributed by atoms with E-state index in [2.05, 4.69) is 12.2 Å². The standard InChI is InChI=1S/C12H22N2O3/c1-3-9(8-11(15)16)13-12(17)14-7-5-6-10(14)4-2/h9-10H,3-8H2,1-2H3,(H,13,17)(H,15,16). The summed E-state index contributed by atoms with van der Waals surface area (Å²) >= 11 is 0. The highest BCUT2D eigenvalue weighted by Gasteiger charge is 2.28. The molecule has 0 aromatic carbocycles. The Bertz CT molecular complexity index is 281. The van der Waals surface area contributed by atoms with Gasteiger partial charge in [-0.15, -0.1) is 0 Å². The largest absolute Gasteiger partial charge is 0.481 e. The number of nitrogens with zero attached hydrogens (tertiary/aromatic N) is 1. The van der Waals surface area contributed by atoms with Crippen molar-refractivity contribution in [3.63, 3.8) is 0 Å². The molecule has 5 nitrogen and oxygen atoms in total. The molecule has 0 aromatic heterocycles. The lowest BCUT2D eigenvalue weighted by Crippen LogP contribution is -2.47. The topological polar surface area (TPSA) is 69.6 Å². The number of carboxylic acids is 1. The summed E-state index contributed by atoms with van der Waals surface area (Å²) in [5, 5.41) is 11.5. The van der Waals surface area contributed by atoms with Crippen LogP contribution in [0.15, 0.2) is 0 Å². The second kappa shape index (κ2) is 6.47. The van der Waals surface area contributed by atoms with Gasteiger partial charge in [-0.05, 0) is 25.7 Å². The van der Waals surface area contributed by atoms with Crippen LogP contribution in [-0.4, -0.2) is 40.6 Å². The highest BCUT2D eigenvalue weighted by atomic mass is 16.4. The van der Waals surface area contributed by atoms with Gasteiger partial charge in [0.1, 0.15) is 0 Å². The SMILES string of the molecule is CCC(CC(=O)O)NC(=O)N1CCCC1CC. The number of hydrogen-bond acceptors (Lipinski definition) is 2. The second-order valence-electron chi connectivity index (χ2n) is 4.55. The maximum Gasteiger partial charge on any atom is 0.317 e. The first-order valence-electron chi connectivity index (χ1n) is 6.37. The van der Waals surface area contributed by atoms with Crippen molar-refractivity contribution in [1.29, 1.82) is 0 Å². The fourth-order valence-electron chi connectivity index (χ4n) is 2.29. The maximum absolute atomic E-state index is 12.0. The zero-order valence-corrected chi connectivity index (χ0v) is 10.6. The lowest BCUT2D eigenvalue weighted by atomic mass is 10.1. The Balaban J connectivity index is 2.49. The van der Waals surface area contributed by atoms with Crippen LogP contribution in [0, 0.1) is 0 Å². The first-order valence-corrected chi connectivity index (χ1v) is 6.37. The number of carbonyl (C=O) groups is 2. The molecule has 5 heteroatoms.